The zero-order valence-corrected chi connectivity index (χ0v) is 22.3. The Morgan fingerprint density at radius 2 is 1.70 bits per heavy atom. The molecule has 0 bridgehead atoms. The van der Waals surface area contributed by atoms with Gasteiger partial charge in [-0.2, -0.15) is 0 Å². The van der Waals surface area contributed by atoms with E-state index in [2.05, 4.69) is 12.2 Å². The lowest BCUT2D eigenvalue weighted by molar-refractivity contribution is -0.130. The largest absolute Gasteiger partial charge is 0.508 e. The number of rotatable bonds is 13. The number of phenols is 1. The maximum Gasteiger partial charge on any atom is 0.262 e. The Morgan fingerprint density at radius 3 is 2.43 bits per heavy atom. The molecule has 0 unspecified atom stereocenters. The van der Waals surface area contributed by atoms with Crippen molar-refractivity contribution in [3.63, 3.8) is 0 Å². The fraction of sp³-hybridized carbons (Fsp3) is 0.433. The third-order valence-electron chi connectivity index (χ3n) is 6.79. The van der Waals surface area contributed by atoms with Gasteiger partial charge in [-0.3, -0.25) is 19.0 Å². The molecule has 0 aliphatic heterocycles. The number of amides is 2. The van der Waals surface area contributed by atoms with Crippen molar-refractivity contribution in [1.29, 1.82) is 0 Å². The van der Waals surface area contributed by atoms with E-state index < -0.39 is 0 Å². The summed E-state index contributed by atoms with van der Waals surface area (Å²) in [7, 11) is 1.87. The molecule has 1 heterocycles. The van der Waals surface area contributed by atoms with E-state index in [1.807, 2.05) is 37.1 Å². The fourth-order valence-electron chi connectivity index (χ4n) is 4.58. The fourth-order valence-corrected chi connectivity index (χ4v) is 4.58. The second-order valence-electron chi connectivity index (χ2n) is 9.63. The van der Waals surface area contributed by atoms with Gasteiger partial charge in [-0.15, -0.1) is 0 Å². The van der Waals surface area contributed by atoms with Gasteiger partial charge in [0.15, 0.2) is 0 Å². The number of unbranched alkanes of at least 4 members (excludes halogenated alkanes) is 4. The van der Waals surface area contributed by atoms with Gasteiger partial charge >= 0.3 is 0 Å². The summed E-state index contributed by atoms with van der Waals surface area (Å²) >= 11 is 0. The summed E-state index contributed by atoms with van der Waals surface area (Å²) in [6, 6.07) is 13.9. The molecule has 7 heteroatoms. The van der Waals surface area contributed by atoms with E-state index in [-0.39, 0.29) is 29.9 Å². The third-order valence-corrected chi connectivity index (χ3v) is 6.79. The van der Waals surface area contributed by atoms with Crippen LogP contribution in [0.5, 0.6) is 5.75 Å². The lowest BCUT2D eigenvalue weighted by atomic mass is 10.1. The number of hydrogen-bond donors (Lipinski definition) is 2. The van der Waals surface area contributed by atoms with E-state index in [9.17, 15) is 19.5 Å². The van der Waals surface area contributed by atoms with Gasteiger partial charge in [0.25, 0.3) is 5.91 Å². The van der Waals surface area contributed by atoms with Crippen LogP contribution < -0.4 is 5.32 Å². The zero-order chi connectivity index (χ0) is 26.8. The van der Waals surface area contributed by atoms with Crippen molar-refractivity contribution in [2.24, 2.45) is 0 Å². The maximum absolute atomic E-state index is 13.3. The van der Waals surface area contributed by atoms with Gasteiger partial charge in [0.2, 0.25) is 11.8 Å². The molecule has 7 nitrogen and oxygen atoms in total. The van der Waals surface area contributed by atoms with Crippen LogP contribution in [0.4, 0.5) is 0 Å². The van der Waals surface area contributed by atoms with E-state index in [1.54, 1.807) is 34.9 Å². The van der Waals surface area contributed by atoms with Crippen molar-refractivity contribution in [3.8, 4) is 5.75 Å². The number of fused-ring (bicyclic) bond motifs is 1. The highest BCUT2D eigenvalue weighted by atomic mass is 16.3. The highest BCUT2D eigenvalue weighted by Gasteiger charge is 2.21. The highest BCUT2D eigenvalue weighted by molar-refractivity contribution is 6.05. The van der Waals surface area contributed by atoms with Crippen LogP contribution in [-0.2, 0) is 16.0 Å². The molecule has 0 aliphatic carbocycles. The highest BCUT2D eigenvalue weighted by Crippen LogP contribution is 2.30. The summed E-state index contributed by atoms with van der Waals surface area (Å²) in [5.41, 5.74) is 2.65. The van der Waals surface area contributed by atoms with Crippen LogP contribution in [0.1, 0.15) is 73.5 Å². The van der Waals surface area contributed by atoms with Crippen LogP contribution in [0.3, 0.4) is 0 Å². The van der Waals surface area contributed by atoms with E-state index >= 15 is 0 Å². The molecule has 2 N–H and O–H groups in total. The maximum atomic E-state index is 13.3. The number of aromatic nitrogens is 1. The molecule has 0 atom stereocenters. The molecule has 3 rings (SSSR count). The van der Waals surface area contributed by atoms with Crippen molar-refractivity contribution in [1.82, 2.24) is 14.8 Å². The summed E-state index contributed by atoms with van der Waals surface area (Å²) in [6.45, 7) is 5.34. The Kier molecular flexibility index (Phi) is 10.3. The topological polar surface area (TPSA) is 91.6 Å². The summed E-state index contributed by atoms with van der Waals surface area (Å²) in [6.07, 6.45) is 6.43. The number of phenolic OH excluding ortho intramolecular Hbond substituents is 1. The minimum Gasteiger partial charge on any atom is -0.508 e. The van der Waals surface area contributed by atoms with E-state index in [4.69, 9.17) is 0 Å². The second-order valence-corrected chi connectivity index (χ2v) is 9.63. The van der Waals surface area contributed by atoms with Gasteiger partial charge in [-0.1, -0.05) is 44.4 Å². The number of carbonyl (C=O) groups is 3. The van der Waals surface area contributed by atoms with Crippen LogP contribution in [0.25, 0.3) is 10.9 Å². The molecular weight excluding hydrogens is 466 g/mol. The number of carbonyl (C=O) groups excluding carboxylic acids is 3. The molecule has 0 saturated carbocycles. The third kappa shape index (κ3) is 7.44. The molecule has 0 spiro atoms. The van der Waals surface area contributed by atoms with E-state index in [0.717, 1.165) is 50.6 Å². The quantitative estimate of drug-likeness (QED) is 0.312. The number of benzene rings is 2. The normalized spacial score (nSPS) is 11.0. The van der Waals surface area contributed by atoms with Crippen molar-refractivity contribution in [2.75, 3.05) is 20.1 Å². The number of nitrogens with zero attached hydrogens (tertiary/aromatic N) is 2. The SMILES string of the molecule is CCCCN(C)C(=O)CCCCCCNC(=O)Cc1c(C)n(C(=O)c2ccccc2)c2ccc(O)cc12. The summed E-state index contributed by atoms with van der Waals surface area (Å²) in [5, 5.41) is 13.8. The molecule has 2 aromatic carbocycles. The predicted octanol–water partition coefficient (Wildman–Crippen LogP) is 5.21. The van der Waals surface area contributed by atoms with Gasteiger partial charge in [0, 0.05) is 43.2 Å². The Bertz CT molecular complexity index is 1220. The first kappa shape index (κ1) is 28.0. The van der Waals surface area contributed by atoms with E-state index in [1.165, 1.54) is 0 Å². The lowest BCUT2D eigenvalue weighted by Crippen LogP contribution is -2.27. The molecule has 0 radical (unpaired) electrons. The monoisotopic (exact) mass is 505 g/mol. The number of aromatic hydroxyl groups is 1. The summed E-state index contributed by atoms with van der Waals surface area (Å²) in [4.78, 5) is 39.9. The molecular formula is C30H39N3O4. The van der Waals surface area contributed by atoms with Crippen LogP contribution >= 0.6 is 0 Å². The first-order chi connectivity index (χ1) is 17.8. The molecule has 2 amide bonds. The summed E-state index contributed by atoms with van der Waals surface area (Å²) in [5.74, 6) is 0.00226. The average molecular weight is 506 g/mol. The Balaban J connectivity index is 1.53. The Hall–Kier alpha value is -3.61. The van der Waals surface area contributed by atoms with E-state index in [0.29, 0.717) is 35.1 Å². The standard InChI is InChI=1S/C30H39N3O4/c1-4-5-19-32(3)29(36)15-11-6-7-12-18-31-28(35)21-25-22(2)33(27-17-16-24(34)20-26(25)27)30(37)23-13-9-8-10-14-23/h8-10,13-14,16-17,20,34H,4-7,11-12,15,18-19,21H2,1-3H3,(H,31,35). The Morgan fingerprint density at radius 1 is 0.973 bits per heavy atom. The van der Waals surface area contributed by atoms with Crippen molar-refractivity contribution >= 4 is 28.6 Å². The minimum absolute atomic E-state index is 0.0912. The number of hydrogen-bond acceptors (Lipinski definition) is 4. The number of nitrogens with one attached hydrogen (secondary N) is 1. The molecule has 0 fully saturated rings. The first-order valence-corrected chi connectivity index (χ1v) is 13.3. The van der Waals surface area contributed by atoms with Crippen LogP contribution in [-0.4, -0.2) is 52.4 Å². The molecule has 37 heavy (non-hydrogen) atoms. The van der Waals surface area contributed by atoms with Gasteiger partial charge in [-0.25, -0.2) is 0 Å². The minimum atomic E-state index is -0.171. The molecule has 0 aliphatic rings. The molecule has 3 aromatic rings. The lowest BCUT2D eigenvalue weighted by Gasteiger charge is -2.16. The van der Waals surface area contributed by atoms with Crippen molar-refractivity contribution < 1.29 is 19.5 Å². The predicted molar refractivity (Wildman–Crippen MR) is 147 cm³/mol. The van der Waals surface area contributed by atoms with Crippen LogP contribution in [0, 0.1) is 6.92 Å². The smallest absolute Gasteiger partial charge is 0.262 e. The van der Waals surface area contributed by atoms with Gasteiger partial charge in [0.1, 0.15) is 5.75 Å². The Labute approximate surface area is 219 Å². The van der Waals surface area contributed by atoms with Crippen LogP contribution in [0.15, 0.2) is 48.5 Å². The van der Waals surface area contributed by atoms with Gasteiger partial charge < -0.3 is 15.3 Å². The molecule has 0 saturated heterocycles. The van der Waals surface area contributed by atoms with Crippen LogP contribution in [0.2, 0.25) is 0 Å². The van der Waals surface area contributed by atoms with Gasteiger partial charge in [-0.05, 0) is 62.1 Å². The van der Waals surface area contributed by atoms with Crippen molar-refractivity contribution in [2.45, 2.75) is 65.2 Å². The van der Waals surface area contributed by atoms with Gasteiger partial charge in [0.05, 0.1) is 11.9 Å². The summed E-state index contributed by atoms with van der Waals surface area (Å²) < 4.78 is 1.62. The molecule has 1 aromatic heterocycles. The average Bonchev–Trinajstić information content (AvgIpc) is 3.16. The zero-order valence-electron chi connectivity index (χ0n) is 22.3. The second kappa shape index (κ2) is 13.6. The molecule has 198 valence electrons. The first-order valence-electron chi connectivity index (χ1n) is 13.3. The van der Waals surface area contributed by atoms with Crippen molar-refractivity contribution in [3.05, 3.63) is 65.4 Å².